The lowest BCUT2D eigenvalue weighted by atomic mass is 10.0. The minimum Gasteiger partial charge on any atom is -0.475 e. The van der Waals surface area contributed by atoms with Gasteiger partial charge in [0.15, 0.2) is 0 Å². The fourth-order valence-electron chi connectivity index (χ4n) is 7.41. The van der Waals surface area contributed by atoms with Crippen LogP contribution in [-0.4, -0.2) is 160 Å². The molecule has 4 aromatic rings. The number of piperidine rings is 1. The number of rotatable bonds is 12. The maximum absolute atomic E-state index is 13.3. The molecule has 0 spiro atoms. The lowest BCUT2D eigenvalue weighted by molar-refractivity contribution is -0.192. The number of likely N-dealkylation sites (tertiary alicyclic amines) is 1. The molecule has 3 fully saturated rings. The van der Waals surface area contributed by atoms with Crippen molar-refractivity contribution >= 4 is 52.1 Å². The number of ether oxygens (including phenoxy) is 1. The Kier molecular flexibility index (Phi) is 15.4. The monoisotopic (exact) mass is 877 g/mol. The number of carboxylic acid groups (broad SMARTS) is 1. The highest BCUT2D eigenvalue weighted by Crippen LogP contribution is 2.30. The number of anilines is 2. The SMILES string of the molecule is C=C(CN1CCN(C(=O)CNC(C)=O)CC1)C(=O)N[C@@H]1CCCN(Cc2ccnc(C(=O)Nc3ccc(-c4cc5c(N6CCOCC6)ncnc5[nH]4)cc3)c2)C1.O=C(O)C(F)(F)F. The lowest BCUT2D eigenvalue weighted by Gasteiger charge is -2.35. The molecule has 0 radical (unpaired) electrons. The van der Waals surface area contributed by atoms with Gasteiger partial charge in [-0.1, -0.05) is 18.7 Å². The molecule has 3 aliphatic rings. The summed E-state index contributed by atoms with van der Waals surface area (Å²) in [6, 6.07) is 13.4. The molecule has 0 aliphatic carbocycles. The maximum Gasteiger partial charge on any atom is 0.490 e. The number of hydrogen-bond acceptors (Lipinski definition) is 12. The predicted molar refractivity (Wildman–Crippen MR) is 226 cm³/mol. The van der Waals surface area contributed by atoms with Crippen molar-refractivity contribution in [2.24, 2.45) is 0 Å². The summed E-state index contributed by atoms with van der Waals surface area (Å²) in [5.41, 5.74) is 5.07. The first kappa shape index (κ1) is 46.1. The van der Waals surface area contributed by atoms with Gasteiger partial charge in [0.2, 0.25) is 17.7 Å². The van der Waals surface area contributed by atoms with Crippen molar-refractivity contribution in [1.82, 2.24) is 45.3 Å². The van der Waals surface area contributed by atoms with Gasteiger partial charge in [0, 0.05) is 95.0 Å². The lowest BCUT2D eigenvalue weighted by Crippen LogP contribution is -2.52. The number of carboxylic acids is 1. The topological polar surface area (TPSA) is 218 Å². The molecule has 3 aliphatic heterocycles. The number of nitrogens with one attached hydrogen (secondary N) is 4. The zero-order chi connectivity index (χ0) is 45.1. The molecular weight excluding hydrogens is 828 g/mol. The number of pyridine rings is 1. The third kappa shape index (κ3) is 13.0. The average molecular weight is 878 g/mol. The molecule has 21 heteroatoms. The van der Waals surface area contributed by atoms with E-state index in [1.165, 1.54) is 6.92 Å². The number of fused-ring (bicyclic) bond motifs is 1. The van der Waals surface area contributed by atoms with Crippen LogP contribution >= 0.6 is 0 Å². The summed E-state index contributed by atoms with van der Waals surface area (Å²) < 4.78 is 37.2. The fraction of sp³-hybridized carbons (Fsp3) is 0.429. The number of aliphatic carboxylic acids is 1. The van der Waals surface area contributed by atoms with Crippen molar-refractivity contribution in [2.75, 3.05) is 88.9 Å². The Bertz CT molecular complexity index is 2270. The van der Waals surface area contributed by atoms with Crippen LogP contribution in [0.1, 0.15) is 35.8 Å². The molecule has 7 rings (SSSR count). The van der Waals surface area contributed by atoms with E-state index < -0.39 is 12.1 Å². The number of halogens is 3. The van der Waals surface area contributed by atoms with Gasteiger partial charge in [-0.15, -0.1) is 0 Å². The van der Waals surface area contributed by atoms with Crippen molar-refractivity contribution in [1.29, 1.82) is 0 Å². The Labute approximate surface area is 360 Å². The molecule has 6 heterocycles. The molecule has 0 saturated carbocycles. The summed E-state index contributed by atoms with van der Waals surface area (Å²) in [4.78, 5) is 83.8. The standard InChI is InChI=1S/C40H49N11O5.C2HF3O2/c1-27(23-48-12-14-50(15-13-48)36(53)22-42-28(2)52)39(54)46-32-4-3-11-49(25-32)24-29-9-10-41-35(20-29)40(55)45-31-7-5-30(6-8-31)34-21-33-37(47-34)43-26-44-38(33)51-16-18-56-19-17-51;3-2(4,5)1(6)7/h5-10,20-21,26,32H,1,3-4,11-19,22-25H2,2H3,(H,42,52)(H,45,55)(H,46,54)(H,43,44,47);(H,6,7)/t32-;/m1./s1. The number of hydrogen-bond donors (Lipinski definition) is 5. The summed E-state index contributed by atoms with van der Waals surface area (Å²) in [6.45, 7) is 13.3. The summed E-state index contributed by atoms with van der Waals surface area (Å²) in [6.07, 6.45) is -0.0435. The van der Waals surface area contributed by atoms with E-state index in [2.05, 4.69) is 63.2 Å². The van der Waals surface area contributed by atoms with Crippen LogP contribution in [0.4, 0.5) is 24.7 Å². The minimum atomic E-state index is -5.08. The number of carbonyl (C=O) groups is 5. The third-order valence-corrected chi connectivity index (χ3v) is 10.7. The number of amides is 4. The first-order valence-corrected chi connectivity index (χ1v) is 20.4. The van der Waals surface area contributed by atoms with Gasteiger partial charge >= 0.3 is 12.1 Å². The number of alkyl halides is 3. The zero-order valence-electron chi connectivity index (χ0n) is 34.7. The summed E-state index contributed by atoms with van der Waals surface area (Å²) in [7, 11) is 0. The molecule has 0 bridgehead atoms. The first-order valence-electron chi connectivity index (χ1n) is 20.4. The first-order chi connectivity index (χ1) is 30.1. The number of H-pyrrole nitrogens is 1. The molecule has 1 atom stereocenters. The van der Waals surface area contributed by atoms with E-state index in [4.69, 9.17) is 14.6 Å². The van der Waals surface area contributed by atoms with Crippen molar-refractivity contribution in [3.8, 4) is 11.3 Å². The van der Waals surface area contributed by atoms with Gasteiger partial charge in [-0.2, -0.15) is 13.2 Å². The minimum absolute atomic E-state index is 0.00141. The second-order valence-corrected chi connectivity index (χ2v) is 15.3. The Morgan fingerprint density at radius 1 is 0.937 bits per heavy atom. The van der Waals surface area contributed by atoms with Crippen molar-refractivity contribution in [3.63, 3.8) is 0 Å². The van der Waals surface area contributed by atoms with Crippen LogP contribution in [0.25, 0.3) is 22.3 Å². The highest BCUT2D eigenvalue weighted by Gasteiger charge is 2.38. The molecule has 3 saturated heterocycles. The number of benzene rings is 1. The normalized spacial score (nSPS) is 17.3. The van der Waals surface area contributed by atoms with E-state index in [0.717, 1.165) is 66.1 Å². The van der Waals surface area contributed by atoms with E-state index in [0.29, 0.717) is 76.0 Å². The molecule has 4 amide bonds. The second kappa shape index (κ2) is 21.1. The van der Waals surface area contributed by atoms with E-state index in [1.807, 2.05) is 36.4 Å². The van der Waals surface area contributed by atoms with Gasteiger partial charge in [0.05, 0.1) is 25.1 Å². The Morgan fingerprint density at radius 2 is 1.65 bits per heavy atom. The number of nitrogens with zero attached hydrogens (tertiary/aromatic N) is 7. The van der Waals surface area contributed by atoms with Gasteiger partial charge in [0.25, 0.3) is 5.91 Å². The Hall–Kier alpha value is -6.45. The summed E-state index contributed by atoms with van der Waals surface area (Å²) >= 11 is 0. The van der Waals surface area contributed by atoms with E-state index >= 15 is 0 Å². The van der Waals surface area contributed by atoms with Crippen LogP contribution in [0.3, 0.4) is 0 Å². The van der Waals surface area contributed by atoms with E-state index in [9.17, 15) is 32.3 Å². The van der Waals surface area contributed by atoms with Gasteiger partial charge in [-0.25, -0.2) is 14.8 Å². The molecule has 0 unspecified atom stereocenters. The largest absolute Gasteiger partial charge is 0.490 e. The van der Waals surface area contributed by atoms with Crippen LogP contribution in [0.2, 0.25) is 0 Å². The molecule has 63 heavy (non-hydrogen) atoms. The van der Waals surface area contributed by atoms with Gasteiger partial charge in [0.1, 0.15) is 23.5 Å². The van der Waals surface area contributed by atoms with Gasteiger partial charge in [-0.05, 0) is 60.8 Å². The van der Waals surface area contributed by atoms with Crippen molar-refractivity contribution in [3.05, 3.63) is 78.4 Å². The molecular formula is C42H50F3N11O7. The average Bonchev–Trinajstić information content (AvgIpc) is 3.71. The number of morpholine rings is 1. The second-order valence-electron chi connectivity index (χ2n) is 15.3. The third-order valence-electron chi connectivity index (χ3n) is 10.7. The molecule has 5 N–H and O–H groups in total. The highest BCUT2D eigenvalue weighted by molar-refractivity contribution is 6.03. The van der Waals surface area contributed by atoms with E-state index in [-0.39, 0.29) is 36.2 Å². The Balaban J connectivity index is 0.000000871. The highest BCUT2D eigenvalue weighted by atomic mass is 19.4. The molecule has 3 aromatic heterocycles. The van der Waals surface area contributed by atoms with Crippen molar-refractivity contribution in [2.45, 2.75) is 38.5 Å². The molecule has 1 aromatic carbocycles. The number of carbonyl (C=O) groups excluding carboxylic acids is 4. The van der Waals surface area contributed by atoms with Gasteiger partial charge < -0.3 is 40.6 Å². The van der Waals surface area contributed by atoms with Crippen LogP contribution < -0.4 is 20.9 Å². The molecule has 336 valence electrons. The van der Waals surface area contributed by atoms with Gasteiger partial charge in [-0.3, -0.25) is 34.0 Å². The van der Waals surface area contributed by atoms with Crippen LogP contribution in [0, 0.1) is 0 Å². The predicted octanol–water partition coefficient (Wildman–Crippen LogP) is 2.66. The number of aromatic amines is 1. The van der Waals surface area contributed by atoms with Crippen LogP contribution in [0.15, 0.2) is 67.1 Å². The van der Waals surface area contributed by atoms with Crippen molar-refractivity contribution < 1.29 is 47.0 Å². The number of piperazine rings is 1. The Morgan fingerprint density at radius 3 is 2.33 bits per heavy atom. The quantitative estimate of drug-likeness (QED) is 0.130. The summed E-state index contributed by atoms with van der Waals surface area (Å²) in [5, 5.41) is 16.8. The van der Waals surface area contributed by atoms with E-state index in [1.54, 1.807) is 17.4 Å². The fourth-order valence-corrected chi connectivity index (χ4v) is 7.41. The van der Waals surface area contributed by atoms with Crippen LogP contribution in [0.5, 0.6) is 0 Å². The summed E-state index contributed by atoms with van der Waals surface area (Å²) in [5.74, 6) is -2.66. The molecule has 18 nitrogen and oxygen atoms in total. The maximum atomic E-state index is 13.3. The van der Waals surface area contributed by atoms with Crippen LogP contribution in [-0.2, 0) is 30.5 Å². The smallest absolute Gasteiger partial charge is 0.475 e. The zero-order valence-corrected chi connectivity index (χ0v) is 34.7. The number of aromatic nitrogens is 4.